The summed E-state index contributed by atoms with van der Waals surface area (Å²) in [5.74, 6) is 0. The zero-order valence-corrected chi connectivity index (χ0v) is 13.2. The average Bonchev–Trinajstić information content (AvgIpc) is 2.00. The summed E-state index contributed by atoms with van der Waals surface area (Å²) >= 11 is 0. The predicted molar refractivity (Wildman–Crippen MR) is 61.8 cm³/mol. The van der Waals surface area contributed by atoms with Crippen molar-refractivity contribution in [2.75, 3.05) is 13.1 Å². The van der Waals surface area contributed by atoms with Crippen molar-refractivity contribution in [2.45, 2.75) is 12.8 Å². The number of nitrogens with two attached hydrogens (primary N) is 1. The van der Waals surface area contributed by atoms with Gasteiger partial charge >= 0.3 is 62.1 Å². The van der Waals surface area contributed by atoms with Crippen molar-refractivity contribution in [2.24, 2.45) is 0 Å². The molecule has 0 atom stereocenters. The SMILES string of the molecule is C1CC[NH2+]C1.[Cl][Sb-]([Cl])([Cl])([Cl])([Cl])[Cl]. The van der Waals surface area contributed by atoms with Gasteiger partial charge in [0.25, 0.3) is 0 Å². The van der Waals surface area contributed by atoms with E-state index < -0.39 is 9.14 Å². The van der Waals surface area contributed by atoms with E-state index in [4.69, 9.17) is 53.0 Å². The van der Waals surface area contributed by atoms with Crippen LogP contribution in [0.25, 0.3) is 0 Å². The van der Waals surface area contributed by atoms with Crippen molar-refractivity contribution in [3.8, 4) is 0 Å². The Balaban J connectivity index is 0.000000211. The van der Waals surface area contributed by atoms with Crippen LogP contribution >= 0.6 is 53.0 Å². The third-order valence-electron chi connectivity index (χ3n) is 1.07. The van der Waals surface area contributed by atoms with E-state index in [-0.39, 0.29) is 0 Å². The van der Waals surface area contributed by atoms with Gasteiger partial charge in [-0.1, -0.05) is 0 Å². The summed E-state index contributed by atoms with van der Waals surface area (Å²) in [6, 6.07) is 0. The molecule has 1 nitrogen and oxygen atoms in total. The second-order valence-electron chi connectivity index (χ2n) is 2.53. The Hall–Kier alpha value is 2.52. The molecule has 1 fully saturated rings. The van der Waals surface area contributed by atoms with Crippen molar-refractivity contribution >= 4 is 62.1 Å². The van der Waals surface area contributed by atoms with Crippen LogP contribution in [0.1, 0.15) is 12.8 Å². The first-order valence-electron chi connectivity index (χ1n) is 3.33. The number of hydrogen-bond donors (Lipinski definition) is 1. The maximum absolute atomic E-state index is 5.42. The first-order chi connectivity index (χ1) is 4.95. The number of quaternary nitrogens is 1. The van der Waals surface area contributed by atoms with Gasteiger partial charge in [0.15, 0.2) is 0 Å². The summed E-state index contributed by atoms with van der Waals surface area (Å²) < 4.78 is 0. The summed E-state index contributed by atoms with van der Waals surface area (Å²) in [7, 11) is 25.0. The summed E-state index contributed by atoms with van der Waals surface area (Å²) in [4.78, 5) is 0. The second-order valence-corrected chi connectivity index (χ2v) is 59.4. The summed E-state index contributed by atoms with van der Waals surface area (Å²) in [5.41, 5.74) is 0. The van der Waals surface area contributed by atoms with Crippen LogP contribution in [0.4, 0.5) is 0 Å². The van der Waals surface area contributed by atoms with Crippen LogP contribution in [0.5, 0.6) is 0 Å². The Morgan fingerprint density at radius 3 is 1.08 bits per heavy atom. The Morgan fingerprint density at radius 1 is 0.750 bits per heavy atom. The van der Waals surface area contributed by atoms with Gasteiger partial charge in [0.05, 0.1) is 13.1 Å². The van der Waals surface area contributed by atoms with E-state index in [1.165, 1.54) is 25.9 Å². The Morgan fingerprint density at radius 2 is 1.00 bits per heavy atom. The molecule has 1 saturated heterocycles. The van der Waals surface area contributed by atoms with Gasteiger partial charge in [-0.25, -0.2) is 0 Å². The molecule has 1 aliphatic heterocycles. The van der Waals surface area contributed by atoms with Gasteiger partial charge in [0.1, 0.15) is 0 Å². The standard InChI is InChI=1S/C4H9N.6ClH.Sb/c1-2-4-5-3-1;;;;;;;/h5H,1-4H2;6*1H;/q;;;;;;;+5/p-5. The van der Waals surface area contributed by atoms with Crippen LogP contribution in [0.2, 0.25) is 0 Å². The number of hydrogen-bond acceptors (Lipinski definition) is 0. The molecular formula is C4H10Cl6NSb. The van der Waals surface area contributed by atoms with Gasteiger partial charge in [-0.2, -0.15) is 0 Å². The quantitative estimate of drug-likeness (QED) is 0.596. The fourth-order valence-corrected chi connectivity index (χ4v) is 0.722. The van der Waals surface area contributed by atoms with E-state index in [1.54, 1.807) is 0 Å². The molecule has 0 aromatic rings. The Labute approximate surface area is 92.1 Å². The van der Waals surface area contributed by atoms with Crippen molar-refractivity contribution in [3.05, 3.63) is 0 Å². The monoisotopic (exact) mass is 403 g/mol. The van der Waals surface area contributed by atoms with Crippen molar-refractivity contribution in [1.82, 2.24) is 0 Å². The van der Waals surface area contributed by atoms with E-state index in [0.717, 1.165) is 0 Å². The molecule has 0 radical (unpaired) electrons. The fourth-order valence-electron chi connectivity index (χ4n) is 0.722. The van der Waals surface area contributed by atoms with Crippen LogP contribution in [0, 0.1) is 0 Å². The van der Waals surface area contributed by atoms with Gasteiger partial charge in [-0.3, -0.25) is 0 Å². The minimum atomic E-state index is -5.42. The molecule has 0 saturated carbocycles. The minimum absolute atomic E-state index is 1.38. The van der Waals surface area contributed by atoms with Gasteiger partial charge in [-0.15, -0.1) is 0 Å². The van der Waals surface area contributed by atoms with E-state index in [1.807, 2.05) is 0 Å². The normalized spacial score (nSPS) is 23.5. The molecule has 0 spiro atoms. The number of halogens is 6. The van der Waals surface area contributed by atoms with Gasteiger partial charge in [-0.05, 0) is 0 Å². The molecule has 2 N–H and O–H groups in total. The number of rotatable bonds is 0. The maximum atomic E-state index is 5.06. The van der Waals surface area contributed by atoms with Crippen LogP contribution in [0.3, 0.4) is 0 Å². The predicted octanol–water partition coefficient (Wildman–Crippen LogP) is 3.10. The molecule has 1 heterocycles. The van der Waals surface area contributed by atoms with E-state index in [2.05, 4.69) is 5.32 Å². The Kier molecular flexibility index (Phi) is 5.05. The molecule has 8 heteroatoms. The average molecular weight is 407 g/mol. The molecule has 0 unspecified atom stereocenters. The van der Waals surface area contributed by atoms with Gasteiger partial charge in [0.2, 0.25) is 0 Å². The van der Waals surface area contributed by atoms with Crippen LogP contribution in [0.15, 0.2) is 0 Å². The summed E-state index contributed by atoms with van der Waals surface area (Å²) in [5, 5.41) is 2.36. The molecular weight excluding hydrogens is 397 g/mol. The molecule has 0 bridgehead atoms. The first-order valence-corrected chi connectivity index (χ1v) is 22.7. The molecule has 0 aromatic carbocycles. The summed E-state index contributed by atoms with van der Waals surface area (Å²) in [6.07, 6.45) is 2.89. The van der Waals surface area contributed by atoms with E-state index in [0.29, 0.717) is 0 Å². The van der Waals surface area contributed by atoms with E-state index in [9.17, 15) is 0 Å². The van der Waals surface area contributed by atoms with Crippen molar-refractivity contribution in [3.63, 3.8) is 0 Å². The molecule has 12 heavy (non-hydrogen) atoms. The third kappa shape index (κ3) is 29.4. The van der Waals surface area contributed by atoms with Gasteiger partial charge in [0, 0.05) is 12.8 Å². The fraction of sp³-hybridized carbons (Fsp3) is 1.00. The van der Waals surface area contributed by atoms with Crippen molar-refractivity contribution in [1.29, 1.82) is 0 Å². The zero-order valence-electron chi connectivity index (χ0n) is 6.12. The molecule has 1 rings (SSSR count). The van der Waals surface area contributed by atoms with Crippen molar-refractivity contribution < 1.29 is 5.32 Å². The van der Waals surface area contributed by atoms with Crippen LogP contribution in [-0.2, 0) is 0 Å². The first kappa shape index (κ1) is 14.5. The Bertz CT molecular complexity index is 122. The molecule has 0 aliphatic carbocycles. The van der Waals surface area contributed by atoms with Crippen LogP contribution < -0.4 is 5.32 Å². The molecule has 78 valence electrons. The third-order valence-corrected chi connectivity index (χ3v) is 1.07. The second kappa shape index (κ2) is 4.18. The topological polar surface area (TPSA) is 16.6 Å². The summed E-state index contributed by atoms with van der Waals surface area (Å²) in [6.45, 7) is 2.75. The zero-order chi connectivity index (χ0) is 9.94. The molecule has 0 amide bonds. The molecule has 1 aliphatic rings. The van der Waals surface area contributed by atoms with Gasteiger partial charge < -0.3 is 5.32 Å². The van der Waals surface area contributed by atoms with E-state index >= 15 is 0 Å². The molecule has 0 aromatic heterocycles. The van der Waals surface area contributed by atoms with Crippen LogP contribution in [-0.4, -0.2) is 22.2 Å².